The zero-order valence-electron chi connectivity index (χ0n) is 22.3. The smallest absolute Gasteiger partial charge is 0.317 e. The average Bonchev–Trinajstić information content (AvgIpc) is 3.61. The maximum atomic E-state index is 13.4. The molecule has 2 N–H and O–H groups in total. The van der Waals surface area contributed by atoms with Gasteiger partial charge in [0.15, 0.2) is 11.5 Å². The summed E-state index contributed by atoms with van der Waals surface area (Å²) >= 11 is 1.39. The summed E-state index contributed by atoms with van der Waals surface area (Å²) in [5, 5.41) is 12.9. The largest absolute Gasteiger partial charge is 0.338 e. The molecule has 0 unspecified atom stereocenters. The SMILES string of the molecule is CCNC(=O)N1CCCC(=O)c2nn(C3CCCCC3)cc2NC(=O)c2csc(n2)-c2ccnc(c2)CCC1. The second-order valence-corrected chi connectivity index (χ2v) is 11.0. The van der Waals surface area contributed by atoms with Crippen molar-refractivity contribution < 1.29 is 14.4 Å². The van der Waals surface area contributed by atoms with Gasteiger partial charge in [-0.1, -0.05) is 19.3 Å². The van der Waals surface area contributed by atoms with Gasteiger partial charge in [-0.05, 0) is 51.2 Å². The molecule has 0 spiro atoms. The van der Waals surface area contributed by atoms with Gasteiger partial charge in [0.2, 0.25) is 0 Å². The number of nitrogens with one attached hydrogen (secondary N) is 2. The quantitative estimate of drug-likeness (QED) is 0.459. The van der Waals surface area contributed by atoms with E-state index in [2.05, 4.69) is 25.7 Å². The van der Waals surface area contributed by atoms with Crippen LogP contribution in [0.3, 0.4) is 0 Å². The molecule has 11 heteroatoms. The van der Waals surface area contributed by atoms with Crippen LogP contribution in [0.5, 0.6) is 0 Å². The Morgan fingerprint density at radius 3 is 2.72 bits per heavy atom. The predicted molar refractivity (Wildman–Crippen MR) is 150 cm³/mol. The summed E-state index contributed by atoms with van der Waals surface area (Å²) in [5.74, 6) is -0.512. The molecule has 2 aliphatic rings. The van der Waals surface area contributed by atoms with Crippen molar-refractivity contribution in [1.82, 2.24) is 30.0 Å². The number of fused-ring (bicyclic) bond motifs is 6. The first-order chi connectivity index (χ1) is 19.0. The highest BCUT2D eigenvalue weighted by molar-refractivity contribution is 7.13. The summed E-state index contributed by atoms with van der Waals surface area (Å²) in [5.41, 5.74) is 2.79. The van der Waals surface area contributed by atoms with Crippen LogP contribution in [0.1, 0.15) is 91.0 Å². The van der Waals surface area contributed by atoms with E-state index in [1.165, 1.54) is 17.8 Å². The summed E-state index contributed by atoms with van der Waals surface area (Å²) in [4.78, 5) is 50.1. The molecule has 1 aliphatic carbocycles. The Balaban J connectivity index is 1.46. The van der Waals surface area contributed by atoms with Gasteiger partial charge in [0.1, 0.15) is 10.7 Å². The van der Waals surface area contributed by atoms with Gasteiger partial charge >= 0.3 is 6.03 Å². The van der Waals surface area contributed by atoms with Crippen molar-refractivity contribution in [2.24, 2.45) is 0 Å². The van der Waals surface area contributed by atoms with Crippen molar-refractivity contribution in [1.29, 1.82) is 0 Å². The molecule has 0 saturated heterocycles. The second-order valence-electron chi connectivity index (χ2n) is 10.1. The molecule has 4 heterocycles. The Hall–Kier alpha value is -3.60. The van der Waals surface area contributed by atoms with Gasteiger partial charge in [-0.15, -0.1) is 11.3 Å². The second kappa shape index (κ2) is 12.5. The standard InChI is InChI=1S/C28H35N7O3S/c1-2-29-28(38)34-14-6-8-20-16-19(12-13-30-20)27-32-23(18-39-27)26(37)31-22-17-35(21-9-4-3-5-10-21)33-25(22)24(36)11-7-15-34/h12-13,16-18,21H,2-11,14-15H2,1H3,(H,29,38)(H,31,37). The summed E-state index contributed by atoms with van der Waals surface area (Å²) < 4.78 is 1.86. The molecule has 206 valence electrons. The van der Waals surface area contributed by atoms with Crippen molar-refractivity contribution in [3.63, 3.8) is 0 Å². The van der Waals surface area contributed by atoms with Crippen LogP contribution in [-0.4, -0.2) is 62.0 Å². The number of pyridine rings is 1. The lowest BCUT2D eigenvalue weighted by Gasteiger charge is -2.23. The van der Waals surface area contributed by atoms with Crippen LogP contribution in [0.2, 0.25) is 0 Å². The fourth-order valence-corrected chi connectivity index (χ4v) is 6.04. The number of aromatic nitrogens is 4. The number of carbonyl (C=O) groups is 3. The topological polar surface area (TPSA) is 122 Å². The first-order valence-corrected chi connectivity index (χ1v) is 14.8. The van der Waals surface area contributed by atoms with Gasteiger partial charge in [-0.3, -0.25) is 19.3 Å². The number of thiazole rings is 1. The van der Waals surface area contributed by atoms with E-state index in [4.69, 9.17) is 0 Å². The van der Waals surface area contributed by atoms with Crippen LogP contribution >= 0.6 is 11.3 Å². The van der Waals surface area contributed by atoms with Crippen molar-refractivity contribution in [3.05, 3.63) is 47.0 Å². The van der Waals surface area contributed by atoms with E-state index in [0.717, 1.165) is 48.4 Å². The fraction of sp³-hybridized carbons (Fsp3) is 0.500. The molecule has 0 aromatic carbocycles. The molecule has 3 amide bonds. The Morgan fingerprint density at radius 1 is 1.13 bits per heavy atom. The van der Waals surface area contributed by atoms with Crippen LogP contribution in [0.25, 0.3) is 10.6 Å². The van der Waals surface area contributed by atoms with E-state index in [1.807, 2.05) is 23.7 Å². The van der Waals surface area contributed by atoms with Gasteiger partial charge < -0.3 is 15.5 Å². The summed E-state index contributed by atoms with van der Waals surface area (Å²) in [6, 6.07) is 3.96. The Kier molecular flexibility index (Phi) is 8.65. The molecular weight excluding hydrogens is 514 g/mol. The lowest BCUT2D eigenvalue weighted by Crippen LogP contribution is -2.41. The molecule has 1 saturated carbocycles. The fourth-order valence-electron chi connectivity index (χ4n) is 5.24. The van der Waals surface area contributed by atoms with Crippen molar-refractivity contribution in [3.8, 4) is 10.6 Å². The molecule has 5 rings (SSSR count). The molecule has 1 aliphatic heterocycles. The van der Waals surface area contributed by atoms with Gasteiger partial charge in [0.05, 0.1) is 11.7 Å². The predicted octanol–water partition coefficient (Wildman–Crippen LogP) is 5.10. The zero-order chi connectivity index (χ0) is 27.2. The van der Waals surface area contributed by atoms with Gasteiger partial charge in [-0.2, -0.15) is 5.10 Å². The maximum absolute atomic E-state index is 13.4. The summed E-state index contributed by atoms with van der Waals surface area (Å²) in [7, 11) is 0. The van der Waals surface area contributed by atoms with Crippen LogP contribution in [0.15, 0.2) is 29.9 Å². The molecular formula is C28H35N7O3S. The number of amides is 3. The lowest BCUT2D eigenvalue weighted by molar-refractivity contribution is 0.0969. The highest BCUT2D eigenvalue weighted by atomic mass is 32.1. The number of aryl methyl sites for hydroxylation is 1. The highest BCUT2D eigenvalue weighted by Crippen LogP contribution is 2.30. The van der Waals surface area contributed by atoms with E-state index in [0.29, 0.717) is 43.9 Å². The van der Waals surface area contributed by atoms with Crippen LogP contribution < -0.4 is 10.6 Å². The van der Waals surface area contributed by atoms with E-state index < -0.39 is 0 Å². The summed E-state index contributed by atoms with van der Waals surface area (Å²) in [6.07, 6.45) is 11.2. The normalized spacial score (nSPS) is 17.6. The van der Waals surface area contributed by atoms with Gasteiger partial charge in [0, 0.05) is 55.1 Å². The third kappa shape index (κ3) is 6.52. The van der Waals surface area contributed by atoms with Crippen molar-refractivity contribution >= 4 is 34.7 Å². The first-order valence-electron chi connectivity index (χ1n) is 13.9. The molecule has 0 radical (unpaired) electrons. The minimum absolute atomic E-state index is 0.133. The summed E-state index contributed by atoms with van der Waals surface area (Å²) in [6.45, 7) is 3.44. The number of nitrogens with zero attached hydrogens (tertiary/aromatic N) is 5. The van der Waals surface area contributed by atoms with E-state index in [9.17, 15) is 14.4 Å². The number of Topliss-reactive ketones (excluding diaryl/α,β-unsaturated/α-hetero) is 1. The monoisotopic (exact) mass is 549 g/mol. The van der Waals surface area contributed by atoms with Crippen molar-refractivity contribution in [2.45, 2.75) is 70.8 Å². The third-order valence-electron chi connectivity index (χ3n) is 7.30. The molecule has 3 aromatic rings. The number of ketones is 1. The Labute approximate surface area is 232 Å². The molecule has 1 fully saturated rings. The zero-order valence-corrected chi connectivity index (χ0v) is 23.1. The van der Waals surface area contributed by atoms with Crippen LogP contribution in [0.4, 0.5) is 10.5 Å². The number of urea groups is 1. The number of hydrogen-bond donors (Lipinski definition) is 2. The molecule has 10 nitrogen and oxygen atoms in total. The molecule has 3 aromatic heterocycles. The third-order valence-corrected chi connectivity index (χ3v) is 8.19. The number of anilines is 1. The maximum Gasteiger partial charge on any atom is 0.317 e. The number of carbonyl (C=O) groups excluding carboxylic acids is 3. The molecule has 39 heavy (non-hydrogen) atoms. The number of rotatable bonds is 2. The average molecular weight is 550 g/mol. The van der Waals surface area contributed by atoms with Crippen molar-refractivity contribution in [2.75, 3.05) is 25.0 Å². The minimum Gasteiger partial charge on any atom is -0.338 e. The number of hydrogen-bond acceptors (Lipinski definition) is 7. The molecule has 0 atom stereocenters. The Morgan fingerprint density at radius 2 is 1.92 bits per heavy atom. The minimum atomic E-state index is -0.368. The Bertz CT molecular complexity index is 1330. The van der Waals surface area contributed by atoms with Crippen LogP contribution in [0, 0.1) is 0 Å². The van der Waals surface area contributed by atoms with E-state index in [1.54, 1.807) is 22.7 Å². The lowest BCUT2D eigenvalue weighted by atomic mass is 9.96. The highest BCUT2D eigenvalue weighted by Gasteiger charge is 2.25. The molecule has 4 bridgehead atoms. The first kappa shape index (κ1) is 27.0. The van der Waals surface area contributed by atoms with E-state index in [-0.39, 0.29) is 35.9 Å². The van der Waals surface area contributed by atoms with E-state index >= 15 is 0 Å². The van der Waals surface area contributed by atoms with Gasteiger partial charge in [-0.25, -0.2) is 9.78 Å². The van der Waals surface area contributed by atoms with Crippen LogP contribution in [-0.2, 0) is 6.42 Å². The van der Waals surface area contributed by atoms with Gasteiger partial charge in [0.25, 0.3) is 5.91 Å².